The molecule has 0 spiro atoms. The first kappa shape index (κ1) is 18.8. The molecule has 1 N–H and O–H groups in total. The number of ether oxygens (including phenoxy) is 2. The average Bonchev–Trinajstić information content (AvgIpc) is 2.65. The van der Waals surface area contributed by atoms with Crippen molar-refractivity contribution in [1.82, 2.24) is 10.3 Å². The predicted octanol–water partition coefficient (Wildman–Crippen LogP) is 4.39. The molecule has 5 heteroatoms. The van der Waals surface area contributed by atoms with Gasteiger partial charge in [0.15, 0.2) is 0 Å². The minimum Gasteiger partial charge on any atom is -0.473 e. The summed E-state index contributed by atoms with van der Waals surface area (Å²) in [4.78, 5) is 4.72. The van der Waals surface area contributed by atoms with Gasteiger partial charge in [-0.25, -0.2) is 9.37 Å². The SMILES string of the molecule is Cc1ccc2nc(OCc3cccc(F)c3)c(CNCC3(C)COC3)cc2c1. The molecule has 146 valence electrons. The molecular formula is C23H25FN2O2. The molecular weight excluding hydrogens is 355 g/mol. The highest BCUT2D eigenvalue weighted by molar-refractivity contribution is 5.80. The van der Waals surface area contributed by atoms with Gasteiger partial charge >= 0.3 is 0 Å². The Kier molecular flexibility index (Phi) is 5.29. The van der Waals surface area contributed by atoms with Gasteiger partial charge in [0, 0.05) is 29.5 Å². The van der Waals surface area contributed by atoms with Gasteiger partial charge in [-0.05, 0) is 42.8 Å². The first-order valence-corrected chi connectivity index (χ1v) is 9.57. The van der Waals surface area contributed by atoms with Crippen LogP contribution in [0, 0.1) is 18.2 Å². The summed E-state index contributed by atoms with van der Waals surface area (Å²) < 4.78 is 24.8. The Bertz CT molecular complexity index is 985. The maximum Gasteiger partial charge on any atom is 0.218 e. The molecule has 0 amide bonds. The molecule has 1 fully saturated rings. The number of pyridine rings is 1. The van der Waals surface area contributed by atoms with E-state index in [1.165, 1.54) is 17.7 Å². The van der Waals surface area contributed by atoms with E-state index >= 15 is 0 Å². The molecule has 2 heterocycles. The van der Waals surface area contributed by atoms with Crippen LogP contribution in [-0.2, 0) is 17.9 Å². The molecule has 0 atom stereocenters. The van der Waals surface area contributed by atoms with E-state index in [0.29, 0.717) is 12.4 Å². The van der Waals surface area contributed by atoms with Crippen molar-refractivity contribution in [2.45, 2.75) is 27.0 Å². The van der Waals surface area contributed by atoms with E-state index in [1.807, 2.05) is 18.2 Å². The quantitative estimate of drug-likeness (QED) is 0.660. The number of hydrogen-bond donors (Lipinski definition) is 1. The zero-order valence-corrected chi connectivity index (χ0v) is 16.3. The zero-order valence-electron chi connectivity index (χ0n) is 16.3. The van der Waals surface area contributed by atoms with E-state index in [1.54, 1.807) is 6.07 Å². The highest BCUT2D eigenvalue weighted by Crippen LogP contribution is 2.27. The number of nitrogens with one attached hydrogen (secondary N) is 1. The lowest BCUT2D eigenvalue weighted by Gasteiger charge is -2.38. The Balaban J connectivity index is 1.55. The van der Waals surface area contributed by atoms with Crippen molar-refractivity contribution in [2.75, 3.05) is 19.8 Å². The standard InChI is InChI=1S/C23H25FN2O2/c1-16-6-7-21-18(8-16)10-19(11-25-13-23(2)14-27-15-23)22(26-21)28-12-17-4-3-5-20(24)9-17/h3-10,25H,11-15H2,1-2H3. The molecule has 4 rings (SSSR count). The summed E-state index contributed by atoms with van der Waals surface area (Å²) >= 11 is 0. The summed E-state index contributed by atoms with van der Waals surface area (Å²) in [5.41, 5.74) is 4.06. The van der Waals surface area contributed by atoms with Gasteiger partial charge in [-0.15, -0.1) is 0 Å². The second-order valence-corrected chi connectivity index (χ2v) is 7.97. The molecule has 1 aliphatic rings. The van der Waals surface area contributed by atoms with Gasteiger partial charge in [-0.1, -0.05) is 30.7 Å². The van der Waals surface area contributed by atoms with Gasteiger partial charge < -0.3 is 14.8 Å². The van der Waals surface area contributed by atoms with E-state index in [9.17, 15) is 4.39 Å². The third-order valence-electron chi connectivity index (χ3n) is 5.04. The number of aryl methyl sites for hydroxylation is 1. The van der Waals surface area contributed by atoms with Crippen LogP contribution in [-0.4, -0.2) is 24.7 Å². The summed E-state index contributed by atoms with van der Waals surface area (Å²) in [6.07, 6.45) is 0. The van der Waals surface area contributed by atoms with Gasteiger partial charge in [0.25, 0.3) is 0 Å². The fourth-order valence-electron chi connectivity index (χ4n) is 3.40. The van der Waals surface area contributed by atoms with Gasteiger partial charge in [-0.2, -0.15) is 0 Å². The molecule has 1 aromatic heterocycles. The summed E-state index contributed by atoms with van der Waals surface area (Å²) in [6, 6.07) is 14.8. The van der Waals surface area contributed by atoms with Gasteiger partial charge in [-0.3, -0.25) is 0 Å². The van der Waals surface area contributed by atoms with Crippen LogP contribution in [0.4, 0.5) is 4.39 Å². The molecule has 1 aliphatic heterocycles. The molecule has 1 saturated heterocycles. The van der Waals surface area contributed by atoms with Crippen LogP contribution in [0.2, 0.25) is 0 Å². The molecule has 0 radical (unpaired) electrons. The van der Waals surface area contributed by atoms with Gasteiger partial charge in [0.2, 0.25) is 5.88 Å². The van der Waals surface area contributed by atoms with E-state index in [4.69, 9.17) is 14.5 Å². The monoisotopic (exact) mass is 380 g/mol. The van der Waals surface area contributed by atoms with Crippen LogP contribution in [0.3, 0.4) is 0 Å². The van der Waals surface area contributed by atoms with E-state index < -0.39 is 0 Å². The number of rotatable bonds is 7. The molecule has 0 bridgehead atoms. The minimum absolute atomic E-state index is 0.198. The number of fused-ring (bicyclic) bond motifs is 1. The summed E-state index contributed by atoms with van der Waals surface area (Å²) in [5, 5.41) is 4.60. The van der Waals surface area contributed by atoms with Crippen molar-refractivity contribution < 1.29 is 13.9 Å². The maximum atomic E-state index is 13.4. The van der Waals surface area contributed by atoms with E-state index in [-0.39, 0.29) is 17.8 Å². The van der Waals surface area contributed by atoms with Crippen LogP contribution in [0.15, 0.2) is 48.5 Å². The van der Waals surface area contributed by atoms with E-state index in [2.05, 4.69) is 31.3 Å². The molecule has 4 nitrogen and oxygen atoms in total. The van der Waals surface area contributed by atoms with Gasteiger partial charge in [0.1, 0.15) is 12.4 Å². The smallest absolute Gasteiger partial charge is 0.218 e. The second-order valence-electron chi connectivity index (χ2n) is 7.97. The highest BCUT2D eigenvalue weighted by Gasteiger charge is 2.32. The lowest BCUT2D eigenvalue weighted by molar-refractivity contribution is -0.0991. The highest BCUT2D eigenvalue weighted by atomic mass is 19.1. The van der Waals surface area contributed by atoms with Crippen LogP contribution < -0.4 is 10.1 Å². The van der Waals surface area contributed by atoms with Crippen molar-refractivity contribution in [1.29, 1.82) is 0 Å². The summed E-state index contributed by atoms with van der Waals surface area (Å²) in [5.74, 6) is 0.323. The van der Waals surface area contributed by atoms with Crippen molar-refractivity contribution >= 4 is 10.9 Å². The Morgan fingerprint density at radius 3 is 2.79 bits per heavy atom. The molecule has 2 aromatic carbocycles. The fourth-order valence-corrected chi connectivity index (χ4v) is 3.40. The molecule has 0 aliphatic carbocycles. The lowest BCUT2D eigenvalue weighted by atomic mass is 9.89. The Labute approximate surface area is 164 Å². The van der Waals surface area contributed by atoms with E-state index in [0.717, 1.165) is 41.8 Å². The first-order valence-electron chi connectivity index (χ1n) is 9.57. The topological polar surface area (TPSA) is 43.4 Å². The summed E-state index contributed by atoms with van der Waals surface area (Å²) in [7, 11) is 0. The lowest BCUT2D eigenvalue weighted by Crippen LogP contribution is -2.47. The van der Waals surface area contributed by atoms with Crippen molar-refractivity contribution in [3.05, 3.63) is 71.0 Å². The molecule has 0 saturated carbocycles. The largest absolute Gasteiger partial charge is 0.473 e. The van der Waals surface area contributed by atoms with Crippen molar-refractivity contribution in [3.63, 3.8) is 0 Å². The Hall–Kier alpha value is -2.50. The van der Waals surface area contributed by atoms with Crippen molar-refractivity contribution in [3.8, 4) is 5.88 Å². The molecule has 28 heavy (non-hydrogen) atoms. The van der Waals surface area contributed by atoms with Crippen LogP contribution in [0.25, 0.3) is 10.9 Å². The van der Waals surface area contributed by atoms with Crippen LogP contribution in [0.5, 0.6) is 5.88 Å². The third-order valence-corrected chi connectivity index (χ3v) is 5.04. The van der Waals surface area contributed by atoms with Crippen molar-refractivity contribution in [2.24, 2.45) is 5.41 Å². The number of aromatic nitrogens is 1. The number of nitrogens with zero attached hydrogens (tertiary/aromatic N) is 1. The predicted molar refractivity (Wildman–Crippen MR) is 108 cm³/mol. The van der Waals surface area contributed by atoms with Crippen LogP contribution in [0.1, 0.15) is 23.6 Å². The summed E-state index contributed by atoms with van der Waals surface area (Å²) in [6.45, 7) is 7.68. The maximum absolute atomic E-state index is 13.4. The third kappa shape index (κ3) is 4.32. The van der Waals surface area contributed by atoms with Crippen LogP contribution >= 0.6 is 0 Å². The van der Waals surface area contributed by atoms with Gasteiger partial charge in [0.05, 0.1) is 18.7 Å². The first-order chi connectivity index (χ1) is 13.5. The molecule has 0 unspecified atom stereocenters. The average molecular weight is 380 g/mol. The fraction of sp³-hybridized carbons (Fsp3) is 0.348. The Morgan fingerprint density at radius 2 is 2.04 bits per heavy atom. The number of hydrogen-bond acceptors (Lipinski definition) is 4. The number of benzene rings is 2. The second kappa shape index (κ2) is 7.86. The number of halogens is 1. The molecule has 3 aromatic rings. The normalized spacial score (nSPS) is 15.4. The Morgan fingerprint density at radius 1 is 1.18 bits per heavy atom. The minimum atomic E-state index is -0.263. The zero-order chi connectivity index (χ0) is 19.6.